The second kappa shape index (κ2) is 4.67. The van der Waals surface area contributed by atoms with Crippen molar-refractivity contribution in [2.24, 2.45) is 0 Å². The molecule has 1 aliphatic carbocycles. The molecule has 0 saturated carbocycles. The first-order chi connectivity index (χ1) is 10.3. The molecule has 0 heterocycles. The lowest BCUT2D eigenvalue weighted by atomic mass is 10.1. The third-order valence-corrected chi connectivity index (χ3v) is 3.94. The van der Waals surface area contributed by atoms with Crippen molar-refractivity contribution in [1.82, 2.24) is 0 Å². The lowest BCUT2D eigenvalue weighted by Gasteiger charge is -2.17. The average molecular weight is 273 g/mol. The molecule has 102 valence electrons. The van der Waals surface area contributed by atoms with E-state index in [4.69, 9.17) is 10.5 Å². The van der Waals surface area contributed by atoms with Crippen LogP contribution in [0, 0.1) is 0 Å². The number of rotatable bonds is 2. The molecule has 0 fully saturated rings. The zero-order chi connectivity index (χ0) is 14.2. The van der Waals surface area contributed by atoms with Crippen LogP contribution < -0.4 is 10.5 Å². The van der Waals surface area contributed by atoms with Gasteiger partial charge in [0.05, 0.1) is 5.69 Å². The molecule has 1 aliphatic rings. The molecule has 3 aromatic rings. The van der Waals surface area contributed by atoms with Crippen LogP contribution in [0.5, 0.6) is 5.75 Å². The van der Waals surface area contributed by atoms with E-state index in [9.17, 15) is 0 Å². The summed E-state index contributed by atoms with van der Waals surface area (Å²) in [6, 6.07) is 24.4. The zero-order valence-corrected chi connectivity index (χ0v) is 11.5. The van der Waals surface area contributed by atoms with Crippen molar-refractivity contribution >= 4 is 5.69 Å². The van der Waals surface area contributed by atoms with Gasteiger partial charge >= 0.3 is 0 Å². The summed E-state index contributed by atoms with van der Waals surface area (Å²) in [7, 11) is 0. The van der Waals surface area contributed by atoms with Crippen molar-refractivity contribution in [1.29, 1.82) is 0 Å². The fraction of sp³-hybridized carbons (Fsp3) is 0.0526. The van der Waals surface area contributed by atoms with Crippen molar-refractivity contribution in [3.63, 3.8) is 0 Å². The summed E-state index contributed by atoms with van der Waals surface area (Å²) >= 11 is 0. The van der Waals surface area contributed by atoms with Crippen LogP contribution in [0.25, 0.3) is 11.1 Å². The second-order valence-corrected chi connectivity index (χ2v) is 5.21. The van der Waals surface area contributed by atoms with Gasteiger partial charge in [0.1, 0.15) is 5.75 Å². The number of anilines is 1. The molecule has 0 spiro atoms. The van der Waals surface area contributed by atoms with Crippen molar-refractivity contribution in [2.45, 2.75) is 6.10 Å². The number of benzene rings is 3. The predicted molar refractivity (Wildman–Crippen MR) is 85.2 cm³/mol. The van der Waals surface area contributed by atoms with Crippen molar-refractivity contribution < 1.29 is 4.74 Å². The minimum atomic E-state index is -0.0953. The lowest BCUT2D eigenvalue weighted by Crippen LogP contribution is -2.07. The monoisotopic (exact) mass is 273 g/mol. The lowest BCUT2D eigenvalue weighted by molar-refractivity contribution is 0.253. The summed E-state index contributed by atoms with van der Waals surface area (Å²) in [6.07, 6.45) is -0.0953. The highest BCUT2D eigenvalue weighted by atomic mass is 16.5. The standard InChI is InChI=1S/C19H15NO/c20-17-11-5-6-12-18(17)21-19-15-9-3-1-7-13(15)14-8-2-4-10-16(14)19/h1-12,19H,20H2. The van der Waals surface area contributed by atoms with Crippen LogP contribution in [-0.4, -0.2) is 0 Å². The van der Waals surface area contributed by atoms with E-state index in [1.54, 1.807) is 0 Å². The maximum Gasteiger partial charge on any atom is 0.150 e. The van der Waals surface area contributed by atoms with Gasteiger partial charge in [-0.2, -0.15) is 0 Å². The van der Waals surface area contributed by atoms with E-state index < -0.39 is 0 Å². The molecule has 21 heavy (non-hydrogen) atoms. The number of hydrogen-bond donors (Lipinski definition) is 1. The third-order valence-electron chi connectivity index (χ3n) is 3.94. The summed E-state index contributed by atoms with van der Waals surface area (Å²) in [5.74, 6) is 0.731. The van der Waals surface area contributed by atoms with E-state index in [1.165, 1.54) is 22.3 Å². The fourth-order valence-corrected chi connectivity index (χ4v) is 2.95. The zero-order valence-electron chi connectivity index (χ0n) is 11.5. The highest BCUT2D eigenvalue weighted by Crippen LogP contribution is 2.45. The second-order valence-electron chi connectivity index (χ2n) is 5.21. The molecular weight excluding hydrogens is 258 g/mol. The highest BCUT2D eigenvalue weighted by molar-refractivity contribution is 5.78. The molecule has 0 atom stereocenters. The molecule has 0 radical (unpaired) electrons. The summed E-state index contributed by atoms with van der Waals surface area (Å²) in [6.45, 7) is 0. The van der Waals surface area contributed by atoms with Gasteiger partial charge in [-0.1, -0.05) is 60.7 Å². The summed E-state index contributed by atoms with van der Waals surface area (Å²) in [5.41, 5.74) is 11.6. The van der Waals surface area contributed by atoms with E-state index in [1.807, 2.05) is 24.3 Å². The van der Waals surface area contributed by atoms with Crippen LogP contribution in [0.2, 0.25) is 0 Å². The Morgan fingerprint density at radius 3 is 1.81 bits per heavy atom. The summed E-state index contributed by atoms with van der Waals surface area (Å²) in [4.78, 5) is 0. The molecule has 0 aromatic heterocycles. The van der Waals surface area contributed by atoms with E-state index >= 15 is 0 Å². The highest BCUT2D eigenvalue weighted by Gasteiger charge is 2.29. The Morgan fingerprint density at radius 1 is 0.667 bits per heavy atom. The van der Waals surface area contributed by atoms with Crippen molar-refractivity contribution in [3.05, 3.63) is 83.9 Å². The molecule has 0 saturated heterocycles. The Morgan fingerprint density at radius 2 is 1.19 bits per heavy atom. The fourth-order valence-electron chi connectivity index (χ4n) is 2.95. The van der Waals surface area contributed by atoms with E-state index in [0.717, 1.165) is 5.75 Å². The van der Waals surface area contributed by atoms with Gasteiger partial charge < -0.3 is 10.5 Å². The van der Waals surface area contributed by atoms with Gasteiger partial charge in [0.25, 0.3) is 0 Å². The molecule has 3 aromatic carbocycles. The Kier molecular flexibility index (Phi) is 2.68. The Balaban J connectivity index is 1.84. The molecular formula is C19H15NO. The van der Waals surface area contributed by atoms with Gasteiger partial charge in [0.2, 0.25) is 0 Å². The molecule has 2 heteroatoms. The quantitative estimate of drug-likeness (QED) is 0.701. The van der Waals surface area contributed by atoms with Crippen LogP contribution in [-0.2, 0) is 0 Å². The molecule has 2 nitrogen and oxygen atoms in total. The number of ether oxygens (including phenoxy) is 1. The maximum absolute atomic E-state index is 6.23. The molecule has 0 bridgehead atoms. The summed E-state index contributed by atoms with van der Waals surface area (Å²) in [5, 5.41) is 0. The molecule has 4 rings (SSSR count). The topological polar surface area (TPSA) is 35.2 Å². The van der Waals surface area contributed by atoms with Crippen molar-refractivity contribution in [2.75, 3.05) is 5.73 Å². The Labute approximate surface area is 123 Å². The van der Waals surface area contributed by atoms with Gasteiger partial charge in [0, 0.05) is 11.1 Å². The number of nitrogen functional groups attached to an aromatic ring is 1. The largest absolute Gasteiger partial charge is 0.479 e. The molecule has 0 aliphatic heterocycles. The maximum atomic E-state index is 6.23. The third kappa shape index (κ3) is 1.88. The van der Waals surface area contributed by atoms with Gasteiger partial charge in [-0.05, 0) is 23.3 Å². The summed E-state index contributed by atoms with van der Waals surface area (Å²) < 4.78 is 6.23. The molecule has 2 N–H and O–H groups in total. The van der Waals surface area contributed by atoms with E-state index in [0.29, 0.717) is 5.69 Å². The predicted octanol–water partition coefficient (Wildman–Crippen LogP) is 4.42. The number of para-hydroxylation sites is 2. The smallest absolute Gasteiger partial charge is 0.150 e. The van der Waals surface area contributed by atoms with Crippen LogP contribution >= 0.6 is 0 Å². The first kappa shape index (κ1) is 12.0. The molecule has 0 amide bonds. The minimum Gasteiger partial charge on any atom is -0.479 e. The van der Waals surface area contributed by atoms with E-state index in [2.05, 4.69) is 48.5 Å². The average Bonchev–Trinajstić information content (AvgIpc) is 2.85. The van der Waals surface area contributed by atoms with Crippen LogP contribution in [0.1, 0.15) is 17.2 Å². The normalized spacial score (nSPS) is 12.8. The van der Waals surface area contributed by atoms with Crippen LogP contribution in [0.15, 0.2) is 72.8 Å². The molecule has 0 unspecified atom stereocenters. The SMILES string of the molecule is Nc1ccccc1OC1c2ccccc2-c2ccccc21. The first-order valence-corrected chi connectivity index (χ1v) is 7.04. The number of hydrogen-bond acceptors (Lipinski definition) is 2. The Bertz CT molecular complexity index is 764. The van der Waals surface area contributed by atoms with Crippen LogP contribution in [0.3, 0.4) is 0 Å². The van der Waals surface area contributed by atoms with Crippen LogP contribution in [0.4, 0.5) is 5.69 Å². The Hall–Kier alpha value is -2.74. The van der Waals surface area contributed by atoms with E-state index in [-0.39, 0.29) is 6.10 Å². The number of fused-ring (bicyclic) bond motifs is 3. The van der Waals surface area contributed by atoms with Gasteiger partial charge in [0.15, 0.2) is 6.10 Å². The van der Waals surface area contributed by atoms with Crippen molar-refractivity contribution in [3.8, 4) is 16.9 Å². The van der Waals surface area contributed by atoms with Gasteiger partial charge in [-0.15, -0.1) is 0 Å². The van der Waals surface area contributed by atoms with Gasteiger partial charge in [-0.3, -0.25) is 0 Å². The first-order valence-electron chi connectivity index (χ1n) is 7.04. The number of nitrogens with two attached hydrogens (primary N) is 1. The minimum absolute atomic E-state index is 0.0953. The van der Waals surface area contributed by atoms with Gasteiger partial charge in [-0.25, -0.2) is 0 Å².